The molecule has 1 aromatic rings. The summed E-state index contributed by atoms with van der Waals surface area (Å²) >= 11 is 0. The van der Waals surface area contributed by atoms with Crippen molar-refractivity contribution in [2.75, 3.05) is 33.5 Å². The number of benzene rings is 1. The van der Waals surface area contributed by atoms with Crippen molar-refractivity contribution in [2.45, 2.75) is 4.90 Å². The number of nitrogens with one attached hydrogen (secondary N) is 1. The van der Waals surface area contributed by atoms with Crippen LogP contribution in [-0.2, 0) is 9.84 Å². The van der Waals surface area contributed by atoms with Crippen LogP contribution in [0.1, 0.15) is 0 Å². The molecule has 0 aliphatic heterocycles. The fourth-order valence-electron chi connectivity index (χ4n) is 1.24. The lowest BCUT2D eigenvalue weighted by atomic mass is 10.3. The highest BCUT2D eigenvalue weighted by Gasteiger charge is 2.15. The highest BCUT2D eigenvalue weighted by molar-refractivity contribution is 7.91. The Morgan fingerprint density at radius 3 is 2.12 bits per heavy atom. The molecule has 1 N–H and O–H groups in total. The maximum atomic E-state index is 11.9. The Morgan fingerprint density at radius 2 is 1.71 bits per heavy atom. The van der Waals surface area contributed by atoms with Gasteiger partial charge in [0.2, 0.25) is 0 Å². The van der Waals surface area contributed by atoms with E-state index in [0.717, 1.165) is 4.90 Å². The van der Waals surface area contributed by atoms with Crippen LogP contribution >= 0.6 is 0 Å². The molecule has 0 aromatic heterocycles. The number of rotatable bonds is 5. The summed E-state index contributed by atoms with van der Waals surface area (Å²) in [5, 5.41) is 0. The molecule has 98 valence electrons. The van der Waals surface area contributed by atoms with Gasteiger partial charge in [-0.2, -0.15) is 0 Å². The molecule has 6 heteroatoms. The Kier molecular flexibility index (Phi) is 6.52. The molecule has 17 heavy (non-hydrogen) atoms. The summed E-state index contributed by atoms with van der Waals surface area (Å²) in [6, 6.07) is 6.49. The molecule has 0 aliphatic rings. The molecule has 1 aromatic carbocycles. The fraction of sp³-hybridized carbons (Fsp3) is 0.455. The van der Waals surface area contributed by atoms with Gasteiger partial charge in [-0.25, -0.2) is 8.42 Å². The van der Waals surface area contributed by atoms with Crippen LogP contribution < -0.4 is 22.0 Å². The summed E-state index contributed by atoms with van der Waals surface area (Å²) in [5.41, 5.74) is 0. The molecule has 0 atom stereocenters. The molecule has 0 unspecified atom stereocenters. The SMILES string of the molecule is COc1ccc(S(=O)(=O)CC[NH+](C)C)cc1.[Cl-]. The van der Waals surface area contributed by atoms with E-state index in [-0.39, 0.29) is 18.2 Å². The minimum atomic E-state index is -3.16. The first-order valence-corrected chi connectivity index (χ1v) is 6.77. The van der Waals surface area contributed by atoms with Gasteiger partial charge < -0.3 is 22.0 Å². The van der Waals surface area contributed by atoms with E-state index in [1.54, 1.807) is 31.4 Å². The van der Waals surface area contributed by atoms with Crippen molar-refractivity contribution in [1.82, 2.24) is 0 Å². The fourth-order valence-corrected chi connectivity index (χ4v) is 2.70. The molecule has 0 heterocycles. The summed E-state index contributed by atoms with van der Waals surface area (Å²) in [5.74, 6) is 0.832. The normalized spacial score (nSPS) is 11.1. The maximum Gasteiger partial charge on any atom is 0.183 e. The number of halogens is 1. The van der Waals surface area contributed by atoms with E-state index in [1.165, 1.54) is 0 Å². The third-order valence-corrected chi connectivity index (χ3v) is 4.02. The van der Waals surface area contributed by atoms with E-state index in [1.807, 2.05) is 14.1 Å². The standard InChI is InChI=1S/C11H17NO3S.ClH/c1-12(2)8-9-16(13,14)11-6-4-10(15-3)5-7-11;/h4-7H,8-9H2,1-3H3;1H. The van der Waals surface area contributed by atoms with Crippen LogP contribution in [0, 0.1) is 0 Å². The number of hydrogen-bond acceptors (Lipinski definition) is 3. The van der Waals surface area contributed by atoms with E-state index in [2.05, 4.69) is 0 Å². The number of sulfone groups is 1. The van der Waals surface area contributed by atoms with E-state index < -0.39 is 9.84 Å². The van der Waals surface area contributed by atoms with Crippen molar-refractivity contribution >= 4 is 9.84 Å². The quantitative estimate of drug-likeness (QED) is 0.612. The second-order valence-electron chi connectivity index (χ2n) is 3.95. The molecule has 4 nitrogen and oxygen atoms in total. The Balaban J connectivity index is 0.00000256. The van der Waals surface area contributed by atoms with Gasteiger partial charge in [0.05, 0.1) is 32.6 Å². The summed E-state index contributed by atoms with van der Waals surface area (Å²) in [6.45, 7) is 0.606. The van der Waals surface area contributed by atoms with Gasteiger partial charge in [0.25, 0.3) is 0 Å². The zero-order valence-corrected chi connectivity index (χ0v) is 11.8. The van der Waals surface area contributed by atoms with Crippen molar-refractivity contribution in [1.29, 1.82) is 0 Å². The molecule has 0 aliphatic carbocycles. The molecular weight excluding hydrogens is 262 g/mol. The van der Waals surface area contributed by atoms with E-state index >= 15 is 0 Å². The average molecular weight is 280 g/mol. The predicted octanol–water partition coefficient (Wildman–Crippen LogP) is -3.38. The average Bonchev–Trinajstić information content (AvgIpc) is 2.27. The first-order chi connectivity index (χ1) is 7.45. The number of ether oxygens (including phenoxy) is 1. The smallest absolute Gasteiger partial charge is 0.183 e. The minimum Gasteiger partial charge on any atom is -1.00 e. The highest BCUT2D eigenvalue weighted by atomic mass is 35.5. The van der Waals surface area contributed by atoms with Crippen molar-refractivity contribution in [3.8, 4) is 5.75 Å². The van der Waals surface area contributed by atoms with Crippen LogP contribution in [0.25, 0.3) is 0 Å². The maximum absolute atomic E-state index is 11.9. The largest absolute Gasteiger partial charge is 1.00 e. The molecule has 0 saturated heterocycles. The number of quaternary nitrogens is 1. The molecule has 1 rings (SSSR count). The van der Waals surface area contributed by atoms with Gasteiger partial charge in [-0.1, -0.05) is 0 Å². The number of hydrogen-bond donors (Lipinski definition) is 1. The molecule has 0 bridgehead atoms. The van der Waals surface area contributed by atoms with Crippen LogP contribution in [0.2, 0.25) is 0 Å². The van der Waals surface area contributed by atoms with E-state index in [9.17, 15) is 8.42 Å². The Bertz CT molecular complexity index is 429. The first-order valence-electron chi connectivity index (χ1n) is 5.11. The molecule has 0 amide bonds. The minimum absolute atomic E-state index is 0. The third-order valence-electron chi connectivity index (χ3n) is 2.29. The lowest BCUT2D eigenvalue weighted by Crippen LogP contribution is -3.06. The second kappa shape index (κ2) is 6.83. The zero-order valence-electron chi connectivity index (χ0n) is 10.2. The van der Waals surface area contributed by atoms with Crippen LogP contribution in [-0.4, -0.2) is 41.9 Å². The lowest BCUT2D eigenvalue weighted by molar-refractivity contribution is -0.855. The summed E-state index contributed by atoms with van der Waals surface area (Å²) in [6.07, 6.45) is 0. The number of methoxy groups -OCH3 is 1. The van der Waals surface area contributed by atoms with Gasteiger partial charge in [0.1, 0.15) is 11.5 Å². The Hall–Kier alpha value is -0.780. The van der Waals surface area contributed by atoms with E-state index in [4.69, 9.17) is 4.74 Å². The highest BCUT2D eigenvalue weighted by Crippen LogP contribution is 2.16. The van der Waals surface area contributed by atoms with Gasteiger partial charge in [0, 0.05) is 0 Å². The molecule has 0 radical (unpaired) electrons. The second-order valence-corrected chi connectivity index (χ2v) is 6.06. The Morgan fingerprint density at radius 1 is 1.18 bits per heavy atom. The molecular formula is C11H18ClNO3S. The van der Waals surface area contributed by atoms with Crippen LogP contribution in [0.3, 0.4) is 0 Å². The molecule has 0 saturated carbocycles. The van der Waals surface area contributed by atoms with Gasteiger partial charge in [-0.05, 0) is 24.3 Å². The van der Waals surface area contributed by atoms with Crippen molar-refractivity contribution in [2.24, 2.45) is 0 Å². The zero-order chi connectivity index (χ0) is 12.2. The first kappa shape index (κ1) is 16.2. The Labute approximate surface area is 109 Å². The van der Waals surface area contributed by atoms with Crippen molar-refractivity contribution in [3.63, 3.8) is 0 Å². The van der Waals surface area contributed by atoms with Crippen molar-refractivity contribution < 1.29 is 30.5 Å². The van der Waals surface area contributed by atoms with Crippen LogP contribution in [0.5, 0.6) is 5.75 Å². The van der Waals surface area contributed by atoms with Crippen LogP contribution in [0.15, 0.2) is 29.2 Å². The molecule has 0 spiro atoms. The summed E-state index contributed by atoms with van der Waals surface area (Å²) in [7, 11) is 2.27. The van der Waals surface area contributed by atoms with Gasteiger partial charge in [-0.3, -0.25) is 0 Å². The monoisotopic (exact) mass is 279 g/mol. The predicted molar refractivity (Wildman–Crippen MR) is 62.7 cm³/mol. The lowest BCUT2D eigenvalue weighted by Gasteiger charge is -2.08. The van der Waals surface area contributed by atoms with Crippen molar-refractivity contribution in [3.05, 3.63) is 24.3 Å². The van der Waals surface area contributed by atoms with Gasteiger partial charge in [-0.15, -0.1) is 0 Å². The van der Waals surface area contributed by atoms with Gasteiger partial charge >= 0.3 is 0 Å². The topological polar surface area (TPSA) is 47.8 Å². The molecule has 0 fully saturated rings. The summed E-state index contributed by atoms with van der Waals surface area (Å²) in [4.78, 5) is 1.48. The third kappa shape index (κ3) is 4.93. The van der Waals surface area contributed by atoms with E-state index in [0.29, 0.717) is 17.2 Å². The summed E-state index contributed by atoms with van der Waals surface area (Å²) < 4.78 is 28.7. The van der Waals surface area contributed by atoms with Crippen LogP contribution in [0.4, 0.5) is 0 Å². The van der Waals surface area contributed by atoms with Gasteiger partial charge in [0.15, 0.2) is 9.84 Å².